The predicted molar refractivity (Wildman–Crippen MR) is 181 cm³/mol. The van der Waals surface area contributed by atoms with Crippen molar-refractivity contribution in [1.29, 1.82) is 0 Å². The van der Waals surface area contributed by atoms with Crippen LogP contribution in [-0.4, -0.2) is 133 Å². The van der Waals surface area contributed by atoms with Crippen LogP contribution in [0.1, 0.15) is 71.4 Å². The number of nitrogens with zero attached hydrogens (tertiary/aromatic N) is 2. The minimum Gasteiger partial charge on any atom is -0.508 e. The van der Waals surface area contributed by atoms with Crippen molar-refractivity contribution in [1.82, 2.24) is 15.1 Å². The summed E-state index contributed by atoms with van der Waals surface area (Å²) in [5.41, 5.74) is -4.99. The van der Waals surface area contributed by atoms with E-state index in [1.165, 1.54) is 0 Å². The number of aliphatic hydroxyl groups excluding tert-OH is 2. The number of fused-ring (bicyclic) bond motifs is 1. The predicted octanol–water partition coefficient (Wildman–Crippen LogP) is 0.829. The van der Waals surface area contributed by atoms with Crippen LogP contribution in [0.5, 0.6) is 11.5 Å². The molecule has 52 heavy (non-hydrogen) atoms. The molecule has 278 valence electrons. The summed E-state index contributed by atoms with van der Waals surface area (Å²) in [5, 5.41) is 58.0. The van der Waals surface area contributed by atoms with Crippen LogP contribution in [-0.2, 0) is 28.6 Å². The van der Waals surface area contributed by atoms with Crippen molar-refractivity contribution in [3.05, 3.63) is 58.7 Å². The number of aromatic hydroxyl groups is 2. The minimum atomic E-state index is -2.39. The number of carbonyl (C=O) groups is 5. The first kappa shape index (κ1) is 37.1. The van der Waals surface area contributed by atoms with Crippen LogP contribution < -0.4 is 5.32 Å². The molecule has 1 unspecified atom stereocenters. The van der Waals surface area contributed by atoms with E-state index >= 15 is 0 Å². The van der Waals surface area contributed by atoms with Crippen LogP contribution in [0.25, 0.3) is 11.8 Å². The summed E-state index contributed by atoms with van der Waals surface area (Å²) in [4.78, 5) is 69.0. The molecule has 16 heteroatoms. The van der Waals surface area contributed by atoms with E-state index in [1.807, 2.05) is 4.90 Å². The van der Waals surface area contributed by atoms with Gasteiger partial charge in [-0.2, -0.15) is 0 Å². The number of hydrogen-bond donors (Lipinski definition) is 6. The van der Waals surface area contributed by atoms with Gasteiger partial charge in [-0.25, -0.2) is 0 Å². The molecule has 6 rings (SSSR count). The van der Waals surface area contributed by atoms with Gasteiger partial charge in [-0.15, -0.1) is 0 Å². The number of aliphatic hydroxyl groups is 3. The smallest absolute Gasteiger partial charge is 0.253 e. The van der Waals surface area contributed by atoms with Crippen molar-refractivity contribution in [2.45, 2.75) is 82.0 Å². The Bertz CT molecular complexity index is 1820. The molecule has 1 aromatic rings. The lowest BCUT2D eigenvalue weighted by Gasteiger charge is -2.46. The molecule has 3 aliphatic heterocycles. The minimum absolute atomic E-state index is 0.186. The molecule has 0 aromatic heterocycles. The first-order valence-electron chi connectivity index (χ1n) is 16.9. The van der Waals surface area contributed by atoms with E-state index in [0.717, 1.165) is 23.1 Å². The van der Waals surface area contributed by atoms with Gasteiger partial charge in [-0.3, -0.25) is 33.8 Å². The molecule has 3 amide bonds. The van der Waals surface area contributed by atoms with E-state index < -0.39 is 113 Å². The highest BCUT2D eigenvalue weighted by atomic mass is 16.7. The summed E-state index contributed by atoms with van der Waals surface area (Å²) in [7, 11) is 0. The van der Waals surface area contributed by atoms with Gasteiger partial charge in [0, 0.05) is 73.8 Å². The first-order valence-corrected chi connectivity index (χ1v) is 16.9. The van der Waals surface area contributed by atoms with Gasteiger partial charge in [0.1, 0.15) is 29.1 Å². The number of Topliss-reactive ketones (excluding diaryl/α,β-unsaturated/α-hetero) is 2. The lowest BCUT2D eigenvalue weighted by molar-refractivity contribution is -0.241. The monoisotopic (exact) mass is 723 g/mol. The fourth-order valence-corrected chi connectivity index (χ4v) is 7.74. The third kappa shape index (κ3) is 6.35. The Hall–Kier alpha value is -4.71. The number of hydrogen-bond acceptors (Lipinski definition) is 14. The van der Waals surface area contributed by atoms with E-state index in [4.69, 9.17) is 14.2 Å². The molecular formula is C36H41N3O13. The third-order valence-corrected chi connectivity index (χ3v) is 10.3. The molecule has 0 saturated carbocycles. The average molecular weight is 724 g/mol. The van der Waals surface area contributed by atoms with Crippen LogP contribution >= 0.6 is 0 Å². The van der Waals surface area contributed by atoms with Gasteiger partial charge in [0.05, 0.1) is 41.6 Å². The molecule has 2 aliphatic carbocycles. The number of imide groups is 1. The Morgan fingerprint density at radius 3 is 2.42 bits per heavy atom. The van der Waals surface area contributed by atoms with Crippen molar-refractivity contribution in [3.63, 3.8) is 0 Å². The molecule has 16 nitrogen and oxygen atoms in total. The summed E-state index contributed by atoms with van der Waals surface area (Å²) in [6, 6.07) is -0.263. The van der Waals surface area contributed by atoms with Gasteiger partial charge in [0.25, 0.3) is 17.7 Å². The van der Waals surface area contributed by atoms with Crippen LogP contribution in [0.3, 0.4) is 0 Å². The molecule has 6 N–H and O–H groups in total. The number of rotatable bonds is 9. The topological polar surface area (TPSA) is 233 Å². The van der Waals surface area contributed by atoms with E-state index in [-0.39, 0.29) is 42.3 Å². The Morgan fingerprint density at radius 1 is 1.10 bits per heavy atom. The lowest BCUT2D eigenvalue weighted by Crippen LogP contribution is -2.58. The molecule has 1 aromatic carbocycles. The van der Waals surface area contributed by atoms with E-state index in [9.17, 15) is 49.5 Å². The molecule has 0 spiro atoms. The van der Waals surface area contributed by atoms with Crippen molar-refractivity contribution in [2.75, 3.05) is 26.2 Å². The Balaban J connectivity index is 1.36. The molecule has 2 saturated heterocycles. The second-order valence-corrected chi connectivity index (χ2v) is 13.6. The molecule has 0 radical (unpaired) electrons. The van der Waals surface area contributed by atoms with Crippen molar-refractivity contribution < 1.29 is 63.7 Å². The largest absolute Gasteiger partial charge is 0.508 e. The van der Waals surface area contributed by atoms with Gasteiger partial charge in [0.2, 0.25) is 0 Å². The number of amides is 3. The van der Waals surface area contributed by atoms with Crippen LogP contribution in [0.15, 0.2) is 36.5 Å². The van der Waals surface area contributed by atoms with E-state index in [1.54, 1.807) is 13.8 Å². The molecule has 7 atom stereocenters. The number of phenols is 2. The normalized spacial score (nSPS) is 30.7. The molecule has 0 bridgehead atoms. The van der Waals surface area contributed by atoms with Crippen molar-refractivity contribution in [2.24, 2.45) is 0 Å². The van der Waals surface area contributed by atoms with E-state index in [0.29, 0.717) is 19.6 Å². The van der Waals surface area contributed by atoms with Crippen LogP contribution in [0.4, 0.5) is 0 Å². The number of phenolic OH excluding ortho intramolecular Hbond substituents is 2. The van der Waals surface area contributed by atoms with Crippen molar-refractivity contribution >= 4 is 41.1 Å². The summed E-state index contributed by atoms with van der Waals surface area (Å²) < 4.78 is 18.0. The number of morpholine rings is 1. The van der Waals surface area contributed by atoms with E-state index in [2.05, 4.69) is 18.5 Å². The van der Waals surface area contributed by atoms with Gasteiger partial charge in [-0.1, -0.05) is 19.2 Å². The summed E-state index contributed by atoms with van der Waals surface area (Å²) in [6.07, 6.45) is -1.67. The van der Waals surface area contributed by atoms with Crippen LogP contribution in [0, 0.1) is 0 Å². The molecule has 2 fully saturated rings. The number of ether oxygens (including phenoxy) is 3. The third-order valence-electron chi connectivity index (χ3n) is 10.3. The SMILES string of the molecule is C=Cc1c(O)c2c(c(O)c1C(=C)O)C(=O)C1=C(C[C@@](O)(C(=O)NCCN3C(=O)C=CC3=O)C[C@@H]1O[C@H]1CC(N3CCO[C@H](C)[C@H]3O)C[C@H](C)O1)C2=O. The first-order chi connectivity index (χ1) is 24.6. The highest BCUT2D eigenvalue weighted by Gasteiger charge is 2.53. The maximum atomic E-state index is 14.4. The van der Waals surface area contributed by atoms with Gasteiger partial charge < -0.3 is 45.1 Å². The highest BCUT2D eigenvalue weighted by Crippen LogP contribution is 2.49. The zero-order valence-electron chi connectivity index (χ0n) is 28.7. The Kier molecular flexibility index (Phi) is 9.99. The van der Waals surface area contributed by atoms with Crippen molar-refractivity contribution in [3.8, 4) is 11.5 Å². The number of ketones is 2. The van der Waals surface area contributed by atoms with Crippen LogP contribution in [0.2, 0.25) is 0 Å². The summed E-state index contributed by atoms with van der Waals surface area (Å²) in [5.74, 6) is -6.41. The number of nitrogens with one attached hydrogen (secondary N) is 1. The summed E-state index contributed by atoms with van der Waals surface area (Å²) >= 11 is 0. The fourth-order valence-electron chi connectivity index (χ4n) is 7.74. The Morgan fingerprint density at radius 2 is 1.77 bits per heavy atom. The highest BCUT2D eigenvalue weighted by molar-refractivity contribution is 6.30. The maximum Gasteiger partial charge on any atom is 0.253 e. The second kappa shape index (κ2) is 14.0. The second-order valence-electron chi connectivity index (χ2n) is 13.6. The molecule has 3 heterocycles. The standard InChI is InChI=1S/C36H41N3O13/c1-5-20-26(17(3)40)32(45)29-28(30(20)43)31(44)21-14-36(49,35(48)37-8-9-39-23(41)6-7-24(39)42)15-22(27(21)33(29)46)52-25-13-19(12-16(2)51-25)38-10-11-50-18(4)34(38)47/h5-7,16,18-19,22,25,34,40,43,45,47,49H,1,3,8-15H2,2,4H3,(H,37,48)/t16-,18+,19?,22-,25-,34+,36-/m0/s1. The lowest BCUT2D eigenvalue weighted by atomic mass is 9.69. The number of benzene rings is 1. The molecular weight excluding hydrogens is 682 g/mol. The zero-order valence-corrected chi connectivity index (χ0v) is 28.7. The average Bonchev–Trinajstić information content (AvgIpc) is 3.40. The number of carbonyl (C=O) groups excluding carboxylic acids is 5. The maximum absolute atomic E-state index is 14.4. The fraction of sp³-hybridized carbons (Fsp3) is 0.472. The summed E-state index contributed by atoms with van der Waals surface area (Å²) in [6.45, 7) is 10.9. The zero-order chi connectivity index (χ0) is 37.8. The Labute approximate surface area is 298 Å². The van der Waals surface area contributed by atoms with Gasteiger partial charge >= 0.3 is 0 Å². The molecule has 5 aliphatic rings. The quantitative estimate of drug-likeness (QED) is 0.118. The van der Waals surface area contributed by atoms with Gasteiger partial charge in [-0.05, 0) is 20.3 Å². The van der Waals surface area contributed by atoms with Gasteiger partial charge in [0.15, 0.2) is 17.9 Å².